The van der Waals surface area contributed by atoms with Crippen molar-refractivity contribution in [1.29, 1.82) is 0 Å². The van der Waals surface area contributed by atoms with Crippen molar-refractivity contribution in [3.8, 4) is 0 Å². The number of urea groups is 2. The van der Waals surface area contributed by atoms with E-state index in [4.69, 9.17) is 5.73 Å². The van der Waals surface area contributed by atoms with Gasteiger partial charge >= 0.3 is 12.1 Å². The topological polar surface area (TPSA) is 92.5 Å². The number of rotatable bonds is 0. The third-order valence-corrected chi connectivity index (χ3v) is 3.46. The van der Waals surface area contributed by atoms with Crippen LogP contribution in [0.5, 0.6) is 0 Å². The van der Waals surface area contributed by atoms with Crippen molar-refractivity contribution in [3.05, 3.63) is 59.7 Å². The van der Waals surface area contributed by atoms with Crippen molar-refractivity contribution in [3.63, 3.8) is 0 Å². The van der Waals surface area contributed by atoms with Crippen LogP contribution in [0.25, 0.3) is 0 Å². The van der Waals surface area contributed by atoms with Gasteiger partial charge in [0.25, 0.3) is 0 Å². The number of nitrogens with one attached hydrogen (secondary N) is 1. The SMILES string of the molecule is NC(=O)NC(=O)N1c2ccccc2CC(=O)c2ccccc21. The fraction of sp³-hybridized carbons (Fsp3) is 0.0625. The van der Waals surface area contributed by atoms with Crippen molar-refractivity contribution < 1.29 is 14.4 Å². The fourth-order valence-electron chi connectivity index (χ4n) is 2.56. The van der Waals surface area contributed by atoms with E-state index in [-0.39, 0.29) is 12.2 Å². The maximum atomic E-state index is 12.4. The smallest absolute Gasteiger partial charge is 0.334 e. The summed E-state index contributed by atoms with van der Waals surface area (Å²) in [5.74, 6) is -0.0857. The highest BCUT2D eigenvalue weighted by atomic mass is 16.2. The second-order valence-electron chi connectivity index (χ2n) is 4.88. The van der Waals surface area contributed by atoms with Crippen LogP contribution in [0.1, 0.15) is 15.9 Å². The summed E-state index contributed by atoms with van der Waals surface area (Å²) in [4.78, 5) is 37.1. The number of hydrogen-bond donors (Lipinski definition) is 2. The molecule has 0 spiro atoms. The van der Waals surface area contributed by atoms with Crippen molar-refractivity contribution in [2.24, 2.45) is 5.73 Å². The molecule has 3 rings (SSSR count). The number of primary amides is 1. The summed E-state index contributed by atoms with van der Waals surface area (Å²) in [6, 6.07) is 12.2. The highest BCUT2D eigenvalue weighted by molar-refractivity contribution is 6.14. The summed E-state index contributed by atoms with van der Waals surface area (Å²) in [5.41, 5.74) is 7.16. The van der Waals surface area contributed by atoms with Crippen LogP contribution >= 0.6 is 0 Å². The number of nitrogens with zero attached hydrogens (tertiary/aromatic N) is 1. The molecular formula is C16H13N3O3. The van der Waals surface area contributed by atoms with Gasteiger partial charge < -0.3 is 5.73 Å². The standard InChI is InChI=1S/C16H13N3O3/c17-15(21)18-16(22)19-12-7-3-1-5-10(12)9-14(20)11-6-2-4-8-13(11)19/h1-8H,9H2,(H3,17,18,21,22). The molecule has 0 bridgehead atoms. The largest absolute Gasteiger partial charge is 0.351 e. The third kappa shape index (κ3) is 2.31. The zero-order valence-electron chi connectivity index (χ0n) is 11.6. The minimum Gasteiger partial charge on any atom is -0.351 e. The molecule has 0 fully saturated rings. The maximum Gasteiger partial charge on any atom is 0.334 e. The van der Waals surface area contributed by atoms with Gasteiger partial charge in [0.2, 0.25) is 0 Å². The number of carbonyl (C=O) groups is 3. The first-order chi connectivity index (χ1) is 10.6. The number of amides is 4. The Kier molecular flexibility index (Phi) is 3.34. The minimum atomic E-state index is -0.949. The normalized spacial score (nSPS) is 12.9. The van der Waals surface area contributed by atoms with Gasteiger partial charge in [-0.05, 0) is 23.8 Å². The van der Waals surface area contributed by atoms with Gasteiger partial charge in [-0.15, -0.1) is 0 Å². The molecule has 0 aliphatic carbocycles. The van der Waals surface area contributed by atoms with Gasteiger partial charge in [-0.25, -0.2) is 9.59 Å². The second-order valence-corrected chi connectivity index (χ2v) is 4.88. The van der Waals surface area contributed by atoms with Crippen LogP contribution in [-0.4, -0.2) is 17.8 Å². The number of imide groups is 1. The summed E-state index contributed by atoms with van der Waals surface area (Å²) in [5, 5.41) is 2.05. The van der Waals surface area contributed by atoms with E-state index in [1.807, 2.05) is 0 Å². The number of nitrogens with two attached hydrogens (primary N) is 1. The predicted octanol–water partition coefficient (Wildman–Crippen LogP) is 2.35. The summed E-state index contributed by atoms with van der Waals surface area (Å²) in [7, 11) is 0. The number of benzene rings is 2. The molecule has 0 saturated heterocycles. The number of para-hydroxylation sites is 2. The van der Waals surface area contributed by atoms with E-state index in [0.717, 1.165) is 0 Å². The zero-order valence-corrected chi connectivity index (χ0v) is 11.6. The van der Waals surface area contributed by atoms with E-state index in [1.54, 1.807) is 48.5 Å². The summed E-state index contributed by atoms with van der Waals surface area (Å²) in [6.45, 7) is 0. The number of carbonyl (C=O) groups excluding carboxylic acids is 3. The molecule has 0 unspecified atom stereocenters. The number of anilines is 2. The van der Waals surface area contributed by atoms with E-state index in [9.17, 15) is 14.4 Å². The molecule has 22 heavy (non-hydrogen) atoms. The van der Waals surface area contributed by atoms with Gasteiger partial charge in [0.05, 0.1) is 11.4 Å². The van der Waals surface area contributed by atoms with E-state index in [0.29, 0.717) is 22.5 Å². The lowest BCUT2D eigenvalue weighted by Gasteiger charge is -2.23. The van der Waals surface area contributed by atoms with Crippen molar-refractivity contribution in [2.75, 3.05) is 4.90 Å². The van der Waals surface area contributed by atoms with Crippen LogP contribution in [0.15, 0.2) is 48.5 Å². The molecule has 1 aliphatic rings. The number of fused-ring (bicyclic) bond motifs is 2. The lowest BCUT2D eigenvalue weighted by molar-refractivity contribution is 0.0994. The zero-order chi connectivity index (χ0) is 15.7. The molecule has 1 heterocycles. The highest BCUT2D eigenvalue weighted by Gasteiger charge is 2.29. The Morgan fingerprint density at radius 3 is 2.36 bits per heavy atom. The van der Waals surface area contributed by atoms with Crippen molar-refractivity contribution in [2.45, 2.75) is 6.42 Å². The fourth-order valence-corrected chi connectivity index (χ4v) is 2.56. The Morgan fingerprint density at radius 2 is 1.64 bits per heavy atom. The second kappa shape index (κ2) is 5.33. The van der Waals surface area contributed by atoms with E-state index in [2.05, 4.69) is 5.32 Å². The summed E-state index contributed by atoms with van der Waals surface area (Å²) >= 11 is 0. The lowest BCUT2D eigenvalue weighted by Crippen LogP contribution is -2.43. The van der Waals surface area contributed by atoms with Gasteiger partial charge in [-0.1, -0.05) is 30.3 Å². The first-order valence-corrected chi connectivity index (χ1v) is 6.68. The van der Waals surface area contributed by atoms with Gasteiger partial charge in [-0.2, -0.15) is 0 Å². The lowest BCUT2D eigenvalue weighted by atomic mass is 10.0. The highest BCUT2D eigenvalue weighted by Crippen LogP contribution is 2.35. The molecule has 0 aromatic heterocycles. The molecule has 6 heteroatoms. The summed E-state index contributed by atoms with van der Waals surface area (Å²) < 4.78 is 0. The Hall–Kier alpha value is -3.15. The average Bonchev–Trinajstić information content (AvgIpc) is 2.61. The number of Topliss-reactive ketones (excluding diaryl/α,β-unsaturated/α-hetero) is 1. The number of ketones is 1. The Labute approximate surface area is 126 Å². The van der Waals surface area contributed by atoms with Crippen LogP contribution in [0, 0.1) is 0 Å². The molecule has 110 valence electrons. The molecule has 2 aromatic carbocycles. The van der Waals surface area contributed by atoms with Gasteiger partial charge in [0, 0.05) is 12.0 Å². The van der Waals surface area contributed by atoms with Crippen LogP contribution in [-0.2, 0) is 6.42 Å². The van der Waals surface area contributed by atoms with E-state index >= 15 is 0 Å². The molecule has 4 amide bonds. The monoisotopic (exact) mass is 295 g/mol. The molecule has 3 N–H and O–H groups in total. The van der Waals surface area contributed by atoms with Crippen LogP contribution in [0.3, 0.4) is 0 Å². The summed E-state index contributed by atoms with van der Waals surface area (Å²) in [6.07, 6.45) is 0.188. The van der Waals surface area contributed by atoms with Gasteiger partial charge in [0.1, 0.15) is 0 Å². The predicted molar refractivity (Wildman–Crippen MR) is 81.2 cm³/mol. The van der Waals surface area contributed by atoms with E-state index in [1.165, 1.54) is 4.90 Å². The van der Waals surface area contributed by atoms with Crippen LogP contribution in [0.2, 0.25) is 0 Å². The van der Waals surface area contributed by atoms with Crippen LogP contribution < -0.4 is 16.0 Å². The van der Waals surface area contributed by atoms with Gasteiger partial charge in [0.15, 0.2) is 5.78 Å². The first kappa shape index (κ1) is 13.8. The molecule has 1 aliphatic heterocycles. The van der Waals surface area contributed by atoms with E-state index < -0.39 is 12.1 Å². The molecule has 0 saturated carbocycles. The molecule has 0 radical (unpaired) electrons. The molecular weight excluding hydrogens is 282 g/mol. The maximum absolute atomic E-state index is 12.4. The quantitative estimate of drug-likeness (QED) is 0.781. The average molecular weight is 295 g/mol. The Morgan fingerprint density at radius 1 is 1.00 bits per heavy atom. The van der Waals surface area contributed by atoms with Gasteiger partial charge in [-0.3, -0.25) is 15.0 Å². The first-order valence-electron chi connectivity index (χ1n) is 6.68. The third-order valence-electron chi connectivity index (χ3n) is 3.46. The van der Waals surface area contributed by atoms with Crippen LogP contribution in [0.4, 0.5) is 21.0 Å². The van der Waals surface area contributed by atoms with Crippen molar-refractivity contribution in [1.82, 2.24) is 5.32 Å². The van der Waals surface area contributed by atoms with Crippen molar-refractivity contribution >= 4 is 29.2 Å². The Balaban J connectivity index is 2.22. The number of hydrogen-bond acceptors (Lipinski definition) is 3. The molecule has 6 nitrogen and oxygen atoms in total. The Bertz CT molecular complexity index is 786. The molecule has 0 atom stereocenters. The minimum absolute atomic E-state index is 0.0857. The molecule has 2 aromatic rings.